The van der Waals surface area contributed by atoms with Gasteiger partial charge in [0.05, 0.1) is 6.20 Å². The first-order chi connectivity index (χ1) is 8.49. The van der Waals surface area contributed by atoms with Gasteiger partial charge in [0.1, 0.15) is 0 Å². The largest absolute Gasteiger partial charge is 0.475 e. The van der Waals surface area contributed by atoms with Gasteiger partial charge in [-0.15, -0.1) is 0 Å². The van der Waals surface area contributed by atoms with Crippen molar-refractivity contribution < 1.29 is 22.7 Å². The van der Waals surface area contributed by atoms with Gasteiger partial charge >= 0.3 is 5.97 Å². The molecule has 9 heteroatoms. The average molecular weight is 269 g/mol. The minimum atomic E-state index is -4.01. The van der Waals surface area contributed by atoms with Gasteiger partial charge in [0.25, 0.3) is 10.0 Å². The van der Waals surface area contributed by atoms with Gasteiger partial charge < -0.3 is 9.52 Å². The van der Waals surface area contributed by atoms with Crippen LogP contribution in [0, 0.1) is 0 Å². The molecule has 8 nitrogen and oxygen atoms in total. The van der Waals surface area contributed by atoms with Crippen molar-refractivity contribution in [1.82, 2.24) is 9.97 Å². The lowest BCUT2D eigenvalue weighted by molar-refractivity contribution is 0.0656. The Balaban J connectivity index is 2.28. The van der Waals surface area contributed by atoms with Gasteiger partial charge in [0.15, 0.2) is 5.82 Å². The summed E-state index contributed by atoms with van der Waals surface area (Å²) in [6.45, 7) is 0. The van der Waals surface area contributed by atoms with Crippen molar-refractivity contribution >= 4 is 21.8 Å². The van der Waals surface area contributed by atoms with E-state index in [2.05, 4.69) is 19.1 Å². The van der Waals surface area contributed by atoms with Crippen molar-refractivity contribution in [3.63, 3.8) is 0 Å². The Morgan fingerprint density at radius 3 is 2.67 bits per heavy atom. The first kappa shape index (κ1) is 12.0. The molecule has 0 atom stereocenters. The van der Waals surface area contributed by atoms with Crippen LogP contribution in [0.3, 0.4) is 0 Å². The SMILES string of the molecule is O=C(O)c1ccc(S(=O)(=O)Nc2cnccn2)o1. The highest BCUT2D eigenvalue weighted by Crippen LogP contribution is 2.16. The number of carboxylic acid groups (broad SMARTS) is 1. The lowest BCUT2D eigenvalue weighted by Crippen LogP contribution is -2.13. The van der Waals surface area contributed by atoms with E-state index < -0.39 is 26.8 Å². The quantitative estimate of drug-likeness (QED) is 0.831. The second-order valence-corrected chi connectivity index (χ2v) is 4.73. The summed E-state index contributed by atoms with van der Waals surface area (Å²) in [7, 11) is -4.01. The van der Waals surface area contributed by atoms with Crippen LogP contribution in [0.2, 0.25) is 0 Å². The van der Waals surface area contributed by atoms with Crippen LogP contribution in [0.5, 0.6) is 0 Å². The Labute approximate surface area is 101 Å². The van der Waals surface area contributed by atoms with Crippen molar-refractivity contribution in [2.24, 2.45) is 0 Å². The summed E-state index contributed by atoms with van der Waals surface area (Å²) >= 11 is 0. The van der Waals surface area contributed by atoms with Crippen LogP contribution >= 0.6 is 0 Å². The van der Waals surface area contributed by atoms with Gasteiger partial charge in [0, 0.05) is 12.4 Å². The molecule has 94 valence electrons. The van der Waals surface area contributed by atoms with Crippen LogP contribution < -0.4 is 4.72 Å². The topological polar surface area (TPSA) is 122 Å². The van der Waals surface area contributed by atoms with Crippen LogP contribution in [-0.4, -0.2) is 29.5 Å². The number of carboxylic acids is 1. The molecule has 0 aliphatic heterocycles. The Morgan fingerprint density at radius 1 is 1.33 bits per heavy atom. The van der Waals surface area contributed by atoms with Gasteiger partial charge in [-0.2, -0.15) is 8.42 Å². The molecule has 0 saturated carbocycles. The monoisotopic (exact) mass is 269 g/mol. The number of furan rings is 1. The van der Waals surface area contributed by atoms with E-state index in [0.717, 1.165) is 12.1 Å². The van der Waals surface area contributed by atoms with E-state index in [-0.39, 0.29) is 5.82 Å². The van der Waals surface area contributed by atoms with E-state index in [1.807, 2.05) is 0 Å². The fourth-order valence-electron chi connectivity index (χ4n) is 1.12. The number of carbonyl (C=O) groups is 1. The number of aromatic carboxylic acids is 1. The Morgan fingerprint density at radius 2 is 2.11 bits per heavy atom. The standard InChI is InChI=1S/C9H7N3O5S/c13-9(14)6-1-2-8(17-6)18(15,16)12-7-5-10-3-4-11-7/h1-5H,(H,11,12)(H,13,14). The maximum absolute atomic E-state index is 11.8. The molecule has 2 aromatic heterocycles. The van der Waals surface area contributed by atoms with Crippen molar-refractivity contribution in [1.29, 1.82) is 0 Å². The molecular weight excluding hydrogens is 262 g/mol. The average Bonchev–Trinajstić information content (AvgIpc) is 2.79. The molecule has 2 N–H and O–H groups in total. The van der Waals surface area contributed by atoms with Crippen LogP contribution in [0.1, 0.15) is 10.6 Å². The second-order valence-electron chi connectivity index (χ2n) is 3.12. The van der Waals surface area contributed by atoms with Crippen LogP contribution in [-0.2, 0) is 10.0 Å². The molecular formula is C9H7N3O5S. The van der Waals surface area contributed by atoms with Crippen LogP contribution in [0.25, 0.3) is 0 Å². The van der Waals surface area contributed by atoms with Gasteiger partial charge in [-0.05, 0) is 12.1 Å². The van der Waals surface area contributed by atoms with E-state index >= 15 is 0 Å². The number of nitrogens with zero attached hydrogens (tertiary/aromatic N) is 2. The molecule has 2 aromatic rings. The van der Waals surface area contributed by atoms with Crippen molar-refractivity contribution in [2.45, 2.75) is 5.09 Å². The summed E-state index contributed by atoms with van der Waals surface area (Å²) in [5.74, 6) is -1.81. The first-order valence-corrected chi connectivity index (χ1v) is 6.09. The number of aromatic nitrogens is 2. The Kier molecular flexibility index (Phi) is 2.98. The van der Waals surface area contributed by atoms with E-state index in [9.17, 15) is 13.2 Å². The van der Waals surface area contributed by atoms with Crippen LogP contribution in [0.15, 0.2) is 40.2 Å². The molecule has 2 heterocycles. The molecule has 0 aliphatic carbocycles. The van der Waals surface area contributed by atoms with Crippen molar-refractivity contribution in [3.8, 4) is 0 Å². The third kappa shape index (κ3) is 2.46. The van der Waals surface area contributed by atoms with Gasteiger partial charge in [-0.1, -0.05) is 0 Å². The fourth-order valence-corrected chi connectivity index (χ4v) is 2.05. The minimum Gasteiger partial charge on any atom is -0.475 e. The van der Waals surface area contributed by atoms with Gasteiger partial charge in [-0.25, -0.2) is 9.78 Å². The molecule has 0 radical (unpaired) electrons. The van der Waals surface area contributed by atoms with Crippen molar-refractivity contribution in [3.05, 3.63) is 36.5 Å². The number of hydrogen-bond donors (Lipinski definition) is 2. The third-order valence-electron chi connectivity index (χ3n) is 1.86. The Bertz CT molecular complexity index is 665. The third-order valence-corrected chi connectivity index (χ3v) is 3.09. The number of sulfonamides is 1. The highest BCUT2D eigenvalue weighted by Gasteiger charge is 2.21. The summed E-state index contributed by atoms with van der Waals surface area (Å²) in [6, 6.07) is 2.09. The first-order valence-electron chi connectivity index (χ1n) is 4.61. The molecule has 0 aliphatic rings. The normalized spacial score (nSPS) is 11.1. The maximum Gasteiger partial charge on any atom is 0.371 e. The predicted octanol–water partition coefficient (Wildman–Crippen LogP) is 0.569. The number of rotatable bonds is 4. The lowest BCUT2D eigenvalue weighted by atomic mass is 10.5. The number of nitrogens with one attached hydrogen (secondary N) is 1. The summed E-state index contributed by atoms with van der Waals surface area (Å²) in [4.78, 5) is 18.0. The second kappa shape index (κ2) is 4.45. The summed E-state index contributed by atoms with van der Waals surface area (Å²) in [5.41, 5.74) is 0. The molecule has 2 rings (SSSR count). The zero-order valence-electron chi connectivity index (χ0n) is 8.77. The summed E-state index contributed by atoms with van der Waals surface area (Å²) in [5, 5.41) is 8.11. The molecule has 0 unspecified atom stereocenters. The molecule has 0 fully saturated rings. The zero-order chi connectivity index (χ0) is 13.2. The van der Waals surface area contributed by atoms with E-state index in [1.54, 1.807) is 0 Å². The summed E-state index contributed by atoms with van der Waals surface area (Å²) < 4.78 is 30.3. The van der Waals surface area contributed by atoms with Gasteiger partial charge in [-0.3, -0.25) is 9.71 Å². The maximum atomic E-state index is 11.8. The lowest BCUT2D eigenvalue weighted by Gasteiger charge is -2.03. The molecule has 18 heavy (non-hydrogen) atoms. The molecule has 0 aromatic carbocycles. The van der Waals surface area contributed by atoms with Gasteiger partial charge in [0.2, 0.25) is 10.9 Å². The summed E-state index contributed by atoms with van der Waals surface area (Å²) in [6.07, 6.45) is 3.90. The molecule has 0 spiro atoms. The molecule has 0 bridgehead atoms. The van der Waals surface area contributed by atoms with Crippen LogP contribution in [0.4, 0.5) is 5.82 Å². The smallest absolute Gasteiger partial charge is 0.371 e. The van der Waals surface area contributed by atoms with Crippen molar-refractivity contribution in [2.75, 3.05) is 4.72 Å². The van der Waals surface area contributed by atoms with E-state index in [1.165, 1.54) is 18.6 Å². The fraction of sp³-hybridized carbons (Fsp3) is 0. The van der Waals surface area contributed by atoms with E-state index in [0.29, 0.717) is 0 Å². The highest BCUT2D eigenvalue weighted by molar-refractivity contribution is 7.92. The predicted molar refractivity (Wildman–Crippen MR) is 58.5 cm³/mol. The van der Waals surface area contributed by atoms with E-state index in [4.69, 9.17) is 5.11 Å². The number of anilines is 1. The minimum absolute atomic E-state index is 0.00535. The Hall–Kier alpha value is -2.42. The highest BCUT2D eigenvalue weighted by atomic mass is 32.2. The number of hydrogen-bond acceptors (Lipinski definition) is 6. The molecule has 0 amide bonds. The zero-order valence-corrected chi connectivity index (χ0v) is 9.59. The molecule has 0 saturated heterocycles.